The molecule has 1 aliphatic rings. The number of benzene rings is 1. The number of H-pyrrole nitrogens is 1. The van der Waals surface area contributed by atoms with E-state index in [9.17, 15) is 10.5 Å². The van der Waals surface area contributed by atoms with Gasteiger partial charge in [0.2, 0.25) is 0 Å². The molecule has 1 atom stereocenters. The Morgan fingerprint density at radius 1 is 1.26 bits per heavy atom. The quantitative estimate of drug-likeness (QED) is 0.804. The lowest BCUT2D eigenvalue weighted by Crippen LogP contribution is -2.26. The number of nitriles is 2. The summed E-state index contributed by atoms with van der Waals surface area (Å²) in [5, 5.41) is 30.3. The third-order valence-corrected chi connectivity index (χ3v) is 4.08. The van der Waals surface area contributed by atoms with Gasteiger partial charge >= 0.3 is 0 Å². The van der Waals surface area contributed by atoms with Gasteiger partial charge in [-0.15, -0.1) is 0 Å². The second-order valence-corrected chi connectivity index (χ2v) is 5.47. The van der Waals surface area contributed by atoms with Crippen LogP contribution in [0.2, 0.25) is 0 Å². The van der Waals surface area contributed by atoms with Crippen LogP contribution in [0.15, 0.2) is 46.9 Å². The number of nitrogens with one attached hydrogen (secondary N) is 2. The molecule has 6 heteroatoms. The van der Waals surface area contributed by atoms with E-state index in [0.29, 0.717) is 24.1 Å². The Kier molecular flexibility index (Phi) is 3.84. The van der Waals surface area contributed by atoms with E-state index in [1.807, 2.05) is 25.1 Å². The second kappa shape index (κ2) is 5.96. The van der Waals surface area contributed by atoms with Gasteiger partial charge in [-0.1, -0.05) is 6.07 Å². The molecule has 0 saturated heterocycles. The predicted octanol–water partition coefficient (Wildman–Crippen LogP) is 2.17. The fourth-order valence-electron chi connectivity index (χ4n) is 2.99. The molecule has 0 amide bonds. The molecule has 1 aromatic carbocycles. The molecule has 23 heavy (non-hydrogen) atoms. The van der Waals surface area contributed by atoms with Gasteiger partial charge in [0.25, 0.3) is 0 Å². The van der Waals surface area contributed by atoms with Crippen molar-refractivity contribution in [2.75, 3.05) is 6.54 Å². The van der Waals surface area contributed by atoms with Crippen LogP contribution in [0.25, 0.3) is 10.9 Å². The number of allylic oxidation sites excluding steroid dienone is 3. The zero-order chi connectivity index (χ0) is 16.4. The average Bonchev–Trinajstić information content (AvgIpc) is 3.02. The molecule has 0 saturated carbocycles. The third kappa shape index (κ3) is 2.46. The molecule has 114 valence electrons. The van der Waals surface area contributed by atoms with Crippen molar-refractivity contribution in [3.63, 3.8) is 0 Å². The van der Waals surface area contributed by atoms with Crippen LogP contribution in [0.1, 0.15) is 24.8 Å². The molecule has 1 aliphatic heterocycles. The molecule has 0 radical (unpaired) electrons. The highest BCUT2D eigenvalue weighted by atomic mass is 15.1. The SMILES string of the molecule is CC1=C(C#N)C(c2ccc3[nH]ncc3c2)C(C#N)=C(CCN)N1. The van der Waals surface area contributed by atoms with Gasteiger partial charge in [0.1, 0.15) is 0 Å². The van der Waals surface area contributed by atoms with Crippen LogP contribution in [0.3, 0.4) is 0 Å². The van der Waals surface area contributed by atoms with Crippen LogP contribution in [0.5, 0.6) is 0 Å². The number of hydrogen-bond acceptors (Lipinski definition) is 5. The van der Waals surface area contributed by atoms with Crippen LogP contribution in [-0.2, 0) is 0 Å². The lowest BCUT2D eigenvalue weighted by Gasteiger charge is -2.27. The summed E-state index contributed by atoms with van der Waals surface area (Å²) in [5.74, 6) is -0.368. The Morgan fingerprint density at radius 3 is 2.74 bits per heavy atom. The van der Waals surface area contributed by atoms with Crippen molar-refractivity contribution in [2.45, 2.75) is 19.3 Å². The van der Waals surface area contributed by atoms with Crippen molar-refractivity contribution in [3.8, 4) is 12.1 Å². The molecular formula is C17H16N6. The highest BCUT2D eigenvalue weighted by Crippen LogP contribution is 2.38. The van der Waals surface area contributed by atoms with Crippen molar-refractivity contribution in [1.29, 1.82) is 10.5 Å². The first-order valence-corrected chi connectivity index (χ1v) is 7.33. The van der Waals surface area contributed by atoms with Crippen LogP contribution in [0, 0.1) is 22.7 Å². The van der Waals surface area contributed by atoms with Gasteiger partial charge in [0.05, 0.1) is 40.9 Å². The van der Waals surface area contributed by atoms with Crippen molar-refractivity contribution >= 4 is 10.9 Å². The molecule has 0 spiro atoms. The molecule has 1 unspecified atom stereocenters. The number of nitrogens with two attached hydrogens (primary N) is 1. The maximum atomic E-state index is 9.65. The van der Waals surface area contributed by atoms with Crippen molar-refractivity contribution < 1.29 is 0 Å². The summed E-state index contributed by atoms with van der Waals surface area (Å²) in [4.78, 5) is 0. The summed E-state index contributed by atoms with van der Waals surface area (Å²) in [5.41, 5.74) is 10.2. The molecular weight excluding hydrogens is 288 g/mol. The molecule has 2 heterocycles. The summed E-state index contributed by atoms with van der Waals surface area (Å²) in [7, 11) is 0. The van der Waals surface area contributed by atoms with Crippen molar-refractivity contribution in [3.05, 3.63) is 52.5 Å². The molecule has 0 fully saturated rings. The van der Waals surface area contributed by atoms with E-state index in [2.05, 4.69) is 27.7 Å². The normalized spacial score (nSPS) is 17.8. The number of dihydropyridines is 1. The Morgan fingerprint density at radius 2 is 2.04 bits per heavy atom. The van der Waals surface area contributed by atoms with Crippen molar-refractivity contribution in [2.24, 2.45) is 5.73 Å². The molecule has 3 rings (SSSR count). The van der Waals surface area contributed by atoms with E-state index in [4.69, 9.17) is 5.73 Å². The number of aromatic nitrogens is 2. The maximum Gasteiger partial charge on any atom is 0.0975 e. The Bertz CT molecular complexity index is 903. The fraction of sp³-hybridized carbons (Fsp3) is 0.235. The van der Waals surface area contributed by atoms with E-state index < -0.39 is 0 Å². The summed E-state index contributed by atoms with van der Waals surface area (Å²) in [6.45, 7) is 2.29. The minimum absolute atomic E-state index is 0.368. The first-order chi connectivity index (χ1) is 11.2. The number of fused-ring (bicyclic) bond motifs is 1. The molecule has 1 aromatic heterocycles. The highest BCUT2D eigenvalue weighted by molar-refractivity contribution is 5.79. The van der Waals surface area contributed by atoms with Gasteiger partial charge in [0, 0.05) is 23.2 Å². The Labute approximate surface area is 133 Å². The highest BCUT2D eigenvalue weighted by Gasteiger charge is 2.30. The van der Waals surface area contributed by atoms with Crippen LogP contribution >= 0.6 is 0 Å². The first-order valence-electron chi connectivity index (χ1n) is 7.33. The number of hydrogen-bond donors (Lipinski definition) is 3. The van der Waals surface area contributed by atoms with E-state index in [1.54, 1.807) is 6.20 Å². The molecule has 0 bridgehead atoms. The van der Waals surface area contributed by atoms with Gasteiger partial charge in [0.15, 0.2) is 0 Å². The predicted molar refractivity (Wildman–Crippen MR) is 86.6 cm³/mol. The Hall–Kier alpha value is -3.09. The lowest BCUT2D eigenvalue weighted by atomic mass is 9.80. The molecule has 0 aliphatic carbocycles. The average molecular weight is 304 g/mol. The van der Waals surface area contributed by atoms with E-state index >= 15 is 0 Å². The minimum Gasteiger partial charge on any atom is -0.361 e. The van der Waals surface area contributed by atoms with Crippen molar-refractivity contribution in [1.82, 2.24) is 15.5 Å². The van der Waals surface area contributed by atoms with Gasteiger partial charge in [-0.3, -0.25) is 5.10 Å². The van der Waals surface area contributed by atoms with E-state index in [-0.39, 0.29) is 5.92 Å². The number of nitrogens with zero attached hydrogens (tertiary/aromatic N) is 3. The van der Waals surface area contributed by atoms with Gasteiger partial charge in [-0.2, -0.15) is 15.6 Å². The van der Waals surface area contributed by atoms with Crippen LogP contribution in [0.4, 0.5) is 0 Å². The molecule has 2 aromatic rings. The van der Waals surface area contributed by atoms with Gasteiger partial charge in [-0.25, -0.2) is 0 Å². The van der Waals surface area contributed by atoms with Crippen LogP contribution in [-0.4, -0.2) is 16.7 Å². The fourth-order valence-corrected chi connectivity index (χ4v) is 2.99. The standard InChI is InChI=1S/C17H16N6/c1-10-13(7-19)17(14(8-20)16(22-10)4-5-18)11-2-3-15-12(6-11)9-21-23-15/h2-3,6,9,17,22H,4-5,18H2,1H3,(H,21,23). The largest absolute Gasteiger partial charge is 0.361 e. The topological polar surface area (TPSA) is 114 Å². The number of aromatic amines is 1. The maximum absolute atomic E-state index is 9.65. The second-order valence-electron chi connectivity index (χ2n) is 5.47. The monoisotopic (exact) mass is 304 g/mol. The molecule has 4 N–H and O–H groups in total. The molecule has 6 nitrogen and oxygen atoms in total. The van der Waals surface area contributed by atoms with E-state index in [1.165, 1.54) is 0 Å². The summed E-state index contributed by atoms with van der Waals surface area (Å²) >= 11 is 0. The van der Waals surface area contributed by atoms with E-state index in [0.717, 1.165) is 27.9 Å². The third-order valence-electron chi connectivity index (χ3n) is 4.08. The smallest absolute Gasteiger partial charge is 0.0975 e. The van der Waals surface area contributed by atoms with Gasteiger partial charge < -0.3 is 11.1 Å². The number of rotatable bonds is 3. The van der Waals surface area contributed by atoms with Crippen LogP contribution < -0.4 is 11.1 Å². The summed E-state index contributed by atoms with van der Waals surface area (Å²) in [6.07, 6.45) is 2.31. The first kappa shape index (κ1) is 14.8. The van der Waals surface area contributed by atoms with Gasteiger partial charge in [-0.05, 0) is 31.2 Å². The lowest BCUT2D eigenvalue weighted by molar-refractivity contribution is 0.757. The summed E-state index contributed by atoms with van der Waals surface area (Å²) in [6, 6.07) is 10.3. The Balaban J connectivity index is 2.19. The minimum atomic E-state index is -0.368. The summed E-state index contributed by atoms with van der Waals surface area (Å²) < 4.78 is 0. The zero-order valence-corrected chi connectivity index (χ0v) is 12.7. The zero-order valence-electron chi connectivity index (χ0n) is 12.7.